The van der Waals surface area contributed by atoms with Gasteiger partial charge in [0, 0.05) is 30.6 Å². The molecule has 3 heterocycles. The van der Waals surface area contributed by atoms with Crippen molar-refractivity contribution in [1.82, 2.24) is 9.21 Å². The van der Waals surface area contributed by atoms with Gasteiger partial charge in [-0.15, -0.1) is 11.3 Å². The summed E-state index contributed by atoms with van der Waals surface area (Å²) < 4.78 is 27.4. The summed E-state index contributed by atoms with van der Waals surface area (Å²) >= 11 is 1.27. The van der Waals surface area contributed by atoms with Crippen molar-refractivity contribution in [2.75, 3.05) is 19.6 Å². The highest BCUT2D eigenvalue weighted by Gasteiger charge is 2.39. The van der Waals surface area contributed by atoms with Crippen LogP contribution in [0.5, 0.6) is 0 Å². The molecule has 0 N–H and O–H groups in total. The Kier molecular flexibility index (Phi) is 5.63. The molecule has 3 unspecified atom stereocenters. The summed E-state index contributed by atoms with van der Waals surface area (Å²) in [6.45, 7) is 4.41. The Morgan fingerprint density at radius 2 is 1.81 bits per heavy atom. The number of piperidine rings is 1. The van der Waals surface area contributed by atoms with Gasteiger partial charge in [-0.05, 0) is 56.1 Å². The van der Waals surface area contributed by atoms with Crippen LogP contribution in [0, 0.1) is 11.8 Å². The van der Waals surface area contributed by atoms with Gasteiger partial charge in [0.05, 0.1) is 6.42 Å². The van der Waals surface area contributed by atoms with Crippen molar-refractivity contribution in [1.29, 1.82) is 0 Å². The number of carbonyl (C=O) groups excluding carboxylic acids is 1. The smallest absolute Gasteiger partial charge is 0.252 e. The van der Waals surface area contributed by atoms with Crippen LogP contribution in [-0.4, -0.2) is 49.2 Å². The minimum atomic E-state index is -3.38. The number of nitrogens with zero attached hydrogens (tertiary/aromatic N) is 2. The van der Waals surface area contributed by atoms with Gasteiger partial charge in [0.15, 0.2) is 0 Å². The largest absolute Gasteiger partial charge is 0.339 e. The monoisotopic (exact) mass is 410 g/mol. The van der Waals surface area contributed by atoms with Gasteiger partial charge in [-0.25, -0.2) is 8.42 Å². The second kappa shape index (κ2) is 7.84. The van der Waals surface area contributed by atoms with E-state index in [4.69, 9.17) is 0 Å². The van der Waals surface area contributed by atoms with E-state index in [0.29, 0.717) is 41.6 Å². The van der Waals surface area contributed by atoms with Crippen LogP contribution >= 0.6 is 11.3 Å². The van der Waals surface area contributed by atoms with Gasteiger partial charge < -0.3 is 4.90 Å². The van der Waals surface area contributed by atoms with Crippen molar-refractivity contribution in [2.24, 2.45) is 11.8 Å². The van der Waals surface area contributed by atoms with Gasteiger partial charge in [-0.3, -0.25) is 4.79 Å². The van der Waals surface area contributed by atoms with E-state index in [1.807, 2.05) is 6.07 Å². The Morgan fingerprint density at radius 3 is 2.59 bits per heavy atom. The number of amides is 1. The summed E-state index contributed by atoms with van der Waals surface area (Å²) in [5.41, 5.74) is 0. The van der Waals surface area contributed by atoms with Crippen LogP contribution in [0.2, 0.25) is 0 Å². The summed E-state index contributed by atoms with van der Waals surface area (Å²) in [4.78, 5) is 16.0. The molecule has 3 aliphatic rings. The fourth-order valence-corrected chi connectivity index (χ4v) is 8.14. The maximum Gasteiger partial charge on any atom is 0.252 e. The van der Waals surface area contributed by atoms with E-state index in [1.165, 1.54) is 30.6 Å². The zero-order valence-corrected chi connectivity index (χ0v) is 17.7. The number of sulfonamides is 1. The maximum absolute atomic E-state index is 13.0. The summed E-state index contributed by atoms with van der Waals surface area (Å²) in [7, 11) is -3.38. The van der Waals surface area contributed by atoms with Crippen LogP contribution in [-0.2, 0) is 21.2 Å². The number of likely N-dealkylation sites (tertiary alicyclic amines) is 1. The maximum atomic E-state index is 13.0. The van der Waals surface area contributed by atoms with Crippen molar-refractivity contribution < 1.29 is 13.2 Å². The molecule has 4 rings (SSSR count). The highest BCUT2D eigenvalue weighted by atomic mass is 32.2. The van der Waals surface area contributed by atoms with E-state index >= 15 is 0 Å². The predicted molar refractivity (Wildman–Crippen MR) is 107 cm³/mol. The lowest BCUT2D eigenvalue weighted by molar-refractivity contribution is -0.138. The Bertz CT molecular complexity index is 783. The molecular weight excluding hydrogens is 380 g/mol. The van der Waals surface area contributed by atoms with E-state index in [9.17, 15) is 13.2 Å². The standard InChI is InChI=1S/C20H30N2O3S2/c1-15-10-13-22(18-7-3-2-6-17(15)18)19(23)14-16-8-9-20(26-16)27(24,25)21-11-4-5-12-21/h8-9,15,17-18H,2-7,10-14H2,1H3. The fourth-order valence-electron chi connectivity index (χ4n) is 5.12. The summed E-state index contributed by atoms with van der Waals surface area (Å²) in [5, 5.41) is 0. The highest BCUT2D eigenvalue weighted by Crippen LogP contribution is 2.39. The molecule has 2 aliphatic heterocycles. The lowest BCUT2D eigenvalue weighted by atomic mass is 9.72. The SMILES string of the molecule is CC1CCN(C(=O)Cc2ccc(S(=O)(=O)N3CCCC3)s2)C2CCCCC12. The summed E-state index contributed by atoms with van der Waals surface area (Å²) in [5.74, 6) is 1.52. The summed E-state index contributed by atoms with van der Waals surface area (Å²) in [6.07, 6.45) is 8.17. The minimum Gasteiger partial charge on any atom is -0.339 e. The van der Waals surface area contributed by atoms with E-state index in [-0.39, 0.29) is 5.91 Å². The summed E-state index contributed by atoms with van der Waals surface area (Å²) in [6, 6.07) is 3.90. The van der Waals surface area contributed by atoms with E-state index in [0.717, 1.165) is 37.1 Å². The Labute approximate surface area is 166 Å². The first-order chi connectivity index (χ1) is 13.0. The first-order valence-electron chi connectivity index (χ1n) is 10.3. The molecule has 27 heavy (non-hydrogen) atoms. The Hall–Kier alpha value is -0.920. The van der Waals surface area contributed by atoms with Crippen molar-refractivity contribution in [3.05, 3.63) is 17.0 Å². The predicted octanol–water partition coefficient (Wildman–Crippen LogP) is 3.50. The zero-order chi connectivity index (χ0) is 19.0. The molecule has 5 nitrogen and oxygen atoms in total. The van der Waals surface area contributed by atoms with Gasteiger partial charge in [-0.2, -0.15) is 4.31 Å². The molecule has 1 saturated carbocycles. The van der Waals surface area contributed by atoms with Gasteiger partial charge >= 0.3 is 0 Å². The quantitative estimate of drug-likeness (QED) is 0.763. The average molecular weight is 411 g/mol. The molecule has 3 fully saturated rings. The van der Waals surface area contributed by atoms with E-state index in [2.05, 4.69) is 11.8 Å². The lowest BCUT2D eigenvalue weighted by Crippen LogP contribution is -2.52. The minimum absolute atomic E-state index is 0.172. The Balaban J connectivity index is 1.45. The first kappa shape index (κ1) is 19.4. The first-order valence-corrected chi connectivity index (χ1v) is 12.6. The van der Waals surface area contributed by atoms with Crippen LogP contribution in [0.15, 0.2) is 16.3 Å². The van der Waals surface area contributed by atoms with Gasteiger partial charge in [0.1, 0.15) is 4.21 Å². The third-order valence-corrected chi connectivity index (χ3v) is 10.1. The Morgan fingerprint density at radius 1 is 1.07 bits per heavy atom. The zero-order valence-electron chi connectivity index (χ0n) is 16.1. The van der Waals surface area contributed by atoms with E-state index in [1.54, 1.807) is 10.4 Å². The number of hydrogen-bond donors (Lipinski definition) is 0. The number of hydrogen-bond acceptors (Lipinski definition) is 4. The molecular formula is C20H30N2O3S2. The van der Waals surface area contributed by atoms with Crippen LogP contribution in [0.4, 0.5) is 0 Å². The molecule has 1 amide bonds. The van der Waals surface area contributed by atoms with Gasteiger partial charge in [0.2, 0.25) is 5.91 Å². The molecule has 0 spiro atoms. The van der Waals surface area contributed by atoms with Crippen molar-refractivity contribution >= 4 is 27.3 Å². The third-order valence-electron chi connectivity index (χ3n) is 6.68. The second-order valence-corrected chi connectivity index (χ2v) is 11.7. The second-order valence-electron chi connectivity index (χ2n) is 8.38. The normalized spacial score (nSPS) is 29.7. The molecule has 0 bridgehead atoms. The van der Waals surface area contributed by atoms with E-state index < -0.39 is 10.0 Å². The fraction of sp³-hybridized carbons (Fsp3) is 0.750. The molecule has 0 aromatic carbocycles. The number of carbonyl (C=O) groups is 1. The molecule has 2 saturated heterocycles. The van der Waals surface area contributed by atoms with Crippen LogP contribution in [0.25, 0.3) is 0 Å². The molecule has 1 aliphatic carbocycles. The van der Waals surface area contributed by atoms with Crippen LogP contribution in [0.3, 0.4) is 0 Å². The molecule has 1 aromatic rings. The van der Waals surface area contributed by atoms with Gasteiger partial charge in [-0.1, -0.05) is 19.8 Å². The molecule has 0 radical (unpaired) electrons. The van der Waals surface area contributed by atoms with Crippen molar-refractivity contribution in [3.8, 4) is 0 Å². The molecule has 1 aromatic heterocycles. The molecule has 150 valence electrons. The van der Waals surface area contributed by atoms with Crippen molar-refractivity contribution in [3.63, 3.8) is 0 Å². The van der Waals surface area contributed by atoms with Crippen molar-refractivity contribution in [2.45, 2.75) is 68.5 Å². The van der Waals surface area contributed by atoms with Crippen LogP contribution in [0.1, 0.15) is 56.7 Å². The number of thiophene rings is 1. The lowest BCUT2D eigenvalue weighted by Gasteiger charge is -2.47. The van der Waals surface area contributed by atoms with Gasteiger partial charge in [0.25, 0.3) is 10.0 Å². The third kappa shape index (κ3) is 3.83. The highest BCUT2D eigenvalue weighted by molar-refractivity contribution is 7.91. The molecule has 3 atom stereocenters. The molecule has 7 heteroatoms. The number of rotatable bonds is 4. The number of fused-ring (bicyclic) bond motifs is 1. The average Bonchev–Trinajstić information content (AvgIpc) is 3.35. The topological polar surface area (TPSA) is 57.7 Å². The van der Waals surface area contributed by atoms with Crippen LogP contribution < -0.4 is 0 Å².